The molecule has 5 heteroatoms. The van der Waals surface area contributed by atoms with Gasteiger partial charge in [-0.1, -0.05) is 0 Å². The van der Waals surface area contributed by atoms with Gasteiger partial charge in [0.1, 0.15) is 12.2 Å². The third kappa shape index (κ3) is 3.48. The molecule has 0 aromatic carbocycles. The van der Waals surface area contributed by atoms with E-state index in [4.69, 9.17) is 14.2 Å². The van der Waals surface area contributed by atoms with Crippen LogP contribution in [0, 0.1) is 5.92 Å². The quantitative estimate of drug-likeness (QED) is 0.672. The van der Waals surface area contributed by atoms with Gasteiger partial charge >= 0.3 is 11.9 Å². The maximum Gasteiger partial charge on any atom is 0.303 e. The zero-order chi connectivity index (χ0) is 12.1. The van der Waals surface area contributed by atoms with Crippen molar-refractivity contribution in [3.05, 3.63) is 0 Å². The van der Waals surface area contributed by atoms with Crippen LogP contribution in [-0.4, -0.2) is 37.9 Å². The van der Waals surface area contributed by atoms with Crippen LogP contribution in [0.15, 0.2) is 0 Å². The molecule has 0 radical (unpaired) electrons. The van der Waals surface area contributed by atoms with Crippen molar-refractivity contribution < 1.29 is 23.8 Å². The average Bonchev–Trinajstić information content (AvgIpc) is 2.49. The van der Waals surface area contributed by atoms with E-state index >= 15 is 0 Å². The molecular formula is C11H18O5. The van der Waals surface area contributed by atoms with Crippen LogP contribution < -0.4 is 0 Å². The molecule has 1 aliphatic carbocycles. The maximum absolute atomic E-state index is 11.0. The summed E-state index contributed by atoms with van der Waals surface area (Å²) >= 11 is 0. The third-order valence-corrected chi connectivity index (χ3v) is 2.65. The van der Waals surface area contributed by atoms with Crippen LogP contribution in [0.3, 0.4) is 0 Å². The van der Waals surface area contributed by atoms with E-state index in [0.717, 1.165) is 6.42 Å². The Labute approximate surface area is 95.0 Å². The maximum atomic E-state index is 11.0. The topological polar surface area (TPSA) is 61.8 Å². The van der Waals surface area contributed by atoms with Crippen molar-refractivity contribution in [3.8, 4) is 0 Å². The van der Waals surface area contributed by atoms with Gasteiger partial charge in [0.05, 0.1) is 6.61 Å². The molecule has 0 aliphatic heterocycles. The molecule has 0 heterocycles. The number of carbonyl (C=O) groups excluding carboxylic acids is 2. The van der Waals surface area contributed by atoms with Gasteiger partial charge in [0.15, 0.2) is 0 Å². The van der Waals surface area contributed by atoms with Crippen molar-refractivity contribution in [1.82, 2.24) is 0 Å². The lowest BCUT2D eigenvalue weighted by Crippen LogP contribution is -2.35. The van der Waals surface area contributed by atoms with E-state index in [2.05, 4.69) is 0 Å². The second-order valence-corrected chi connectivity index (χ2v) is 4.01. The normalized spacial score (nSPS) is 28.8. The van der Waals surface area contributed by atoms with Crippen LogP contribution >= 0.6 is 0 Å². The minimum absolute atomic E-state index is 0.109. The lowest BCUT2D eigenvalue weighted by molar-refractivity contribution is -0.165. The van der Waals surface area contributed by atoms with Crippen LogP contribution in [-0.2, 0) is 23.8 Å². The van der Waals surface area contributed by atoms with E-state index in [1.165, 1.54) is 13.8 Å². The van der Waals surface area contributed by atoms with E-state index in [-0.39, 0.29) is 30.1 Å². The van der Waals surface area contributed by atoms with Crippen LogP contribution in [0.5, 0.6) is 0 Å². The molecule has 92 valence electrons. The molecule has 3 atom stereocenters. The molecule has 0 aromatic heterocycles. The highest BCUT2D eigenvalue weighted by atomic mass is 16.6. The van der Waals surface area contributed by atoms with Gasteiger partial charge in [-0.3, -0.25) is 9.59 Å². The van der Waals surface area contributed by atoms with Gasteiger partial charge in [0.2, 0.25) is 0 Å². The number of esters is 2. The number of rotatable bonds is 4. The minimum atomic E-state index is -0.374. The SMILES string of the molecule is COCC1CCC(OC(C)=O)[C@H]1OC(C)=O. The zero-order valence-corrected chi connectivity index (χ0v) is 9.89. The summed E-state index contributed by atoms with van der Waals surface area (Å²) in [4.78, 5) is 21.9. The first-order valence-electron chi connectivity index (χ1n) is 5.38. The summed E-state index contributed by atoms with van der Waals surface area (Å²) in [5.41, 5.74) is 0. The lowest BCUT2D eigenvalue weighted by atomic mass is 10.1. The molecule has 0 amide bonds. The Balaban J connectivity index is 2.62. The summed E-state index contributed by atoms with van der Waals surface area (Å²) in [6, 6.07) is 0. The van der Waals surface area contributed by atoms with E-state index in [1.54, 1.807) is 7.11 Å². The molecule has 0 spiro atoms. The molecule has 0 bridgehead atoms. The Bertz CT molecular complexity index is 263. The molecule has 1 saturated carbocycles. The summed E-state index contributed by atoms with van der Waals surface area (Å²) in [7, 11) is 1.60. The first-order chi connectivity index (χ1) is 7.54. The molecule has 2 unspecified atom stereocenters. The smallest absolute Gasteiger partial charge is 0.303 e. The molecule has 0 saturated heterocycles. The molecule has 5 nitrogen and oxygen atoms in total. The predicted octanol–water partition coefficient (Wildman–Crippen LogP) is 0.906. The number of hydrogen-bond acceptors (Lipinski definition) is 5. The average molecular weight is 230 g/mol. The van der Waals surface area contributed by atoms with Gasteiger partial charge in [-0.05, 0) is 12.8 Å². The summed E-state index contributed by atoms with van der Waals surface area (Å²) in [6.45, 7) is 3.22. The largest absolute Gasteiger partial charge is 0.459 e. The Morgan fingerprint density at radius 2 is 1.75 bits per heavy atom. The summed E-state index contributed by atoms with van der Waals surface area (Å²) in [5, 5.41) is 0. The molecule has 1 rings (SSSR count). The Morgan fingerprint density at radius 1 is 1.12 bits per heavy atom. The standard InChI is InChI=1S/C11H18O5/c1-7(12)15-10-5-4-9(6-14-3)11(10)16-8(2)13/h9-11H,4-6H2,1-3H3/t9?,10?,11-/m0/s1. The van der Waals surface area contributed by atoms with Gasteiger partial charge < -0.3 is 14.2 Å². The second kappa shape index (κ2) is 5.84. The zero-order valence-electron chi connectivity index (χ0n) is 9.89. The number of hydrogen-bond donors (Lipinski definition) is 0. The molecule has 16 heavy (non-hydrogen) atoms. The summed E-state index contributed by atoms with van der Waals surface area (Å²) in [6.07, 6.45) is 0.845. The summed E-state index contributed by atoms with van der Waals surface area (Å²) in [5.74, 6) is -0.594. The van der Waals surface area contributed by atoms with Crippen molar-refractivity contribution in [2.75, 3.05) is 13.7 Å². The van der Waals surface area contributed by atoms with Gasteiger partial charge in [-0.15, -0.1) is 0 Å². The molecular weight excluding hydrogens is 212 g/mol. The fraction of sp³-hybridized carbons (Fsp3) is 0.818. The fourth-order valence-corrected chi connectivity index (χ4v) is 2.11. The molecule has 1 aliphatic rings. The third-order valence-electron chi connectivity index (χ3n) is 2.65. The number of carbonyl (C=O) groups is 2. The molecule has 0 N–H and O–H groups in total. The van der Waals surface area contributed by atoms with Crippen LogP contribution in [0.1, 0.15) is 26.7 Å². The Kier molecular flexibility index (Phi) is 4.73. The van der Waals surface area contributed by atoms with Gasteiger partial charge in [-0.25, -0.2) is 0 Å². The molecule has 0 aromatic rings. The lowest BCUT2D eigenvalue weighted by Gasteiger charge is -2.23. The Hall–Kier alpha value is -1.10. The fourth-order valence-electron chi connectivity index (χ4n) is 2.11. The summed E-state index contributed by atoms with van der Waals surface area (Å²) < 4.78 is 15.4. The second-order valence-electron chi connectivity index (χ2n) is 4.01. The monoisotopic (exact) mass is 230 g/mol. The van der Waals surface area contributed by atoms with E-state index in [0.29, 0.717) is 13.0 Å². The molecule has 1 fully saturated rings. The number of methoxy groups -OCH3 is 1. The van der Waals surface area contributed by atoms with E-state index in [9.17, 15) is 9.59 Å². The van der Waals surface area contributed by atoms with Gasteiger partial charge in [0, 0.05) is 26.9 Å². The first-order valence-corrected chi connectivity index (χ1v) is 5.38. The number of ether oxygens (including phenoxy) is 3. The highest BCUT2D eigenvalue weighted by Gasteiger charge is 2.40. The highest BCUT2D eigenvalue weighted by molar-refractivity contribution is 5.67. The van der Waals surface area contributed by atoms with Crippen LogP contribution in [0.25, 0.3) is 0 Å². The van der Waals surface area contributed by atoms with E-state index < -0.39 is 0 Å². The van der Waals surface area contributed by atoms with Crippen molar-refractivity contribution in [3.63, 3.8) is 0 Å². The van der Waals surface area contributed by atoms with Crippen molar-refractivity contribution in [2.45, 2.75) is 38.9 Å². The first kappa shape index (κ1) is 13.0. The minimum Gasteiger partial charge on any atom is -0.459 e. The van der Waals surface area contributed by atoms with Crippen molar-refractivity contribution >= 4 is 11.9 Å². The van der Waals surface area contributed by atoms with Crippen molar-refractivity contribution in [2.24, 2.45) is 5.92 Å². The van der Waals surface area contributed by atoms with Crippen LogP contribution in [0.4, 0.5) is 0 Å². The highest BCUT2D eigenvalue weighted by Crippen LogP contribution is 2.31. The van der Waals surface area contributed by atoms with Gasteiger partial charge in [0.25, 0.3) is 0 Å². The van der Waals surface area contributed by atoms with E-state index in [1.807, 2.05) is 0 Å². The Morgan fingerprint density at radius 3 is 2.25 bits per heavy atom. The van der Waals surface area contributed by atoms with Gasteiger partial charge in [-0.2, -0.15) is 0 Å². The van der Waals surface area contributed by atoms with Crippen LogP contribution in [0.2, 0.25) is 0 Å². The predicted molar refractivity (Wildman–Crippen MR) is 55.7 cm³/mol. The van der Waals surface area contributed by atoms with Crippen molar-refractivity contribution in [1.29, 1.82) is 0 Å².